The molecule has 120 valence electrons. The third-order valence-corrected chi connectivity index (χ3v) is 4.16. The maximum atomic E-state index is 13.0. The third-order valence-electron chi connectivity index (χ3n) is 2.99. The van der Waals surface area contributed by atoms with E-state index >= 15 is 0 Å². The van der Waals surface area contributed by atoms with Crippen molar-refractivity contribution < 1.29 is 19.0 Å². The standard InChI is InChI=1S/C17H13ClFIO3/c1-2-23-17-9-16(22)12(8-14(17)20)15(21)6-4-10-3-5-11(19)7-13(10)18/h3-9,22H,2H2,1H3/b6-4+. The molecular weight excluding hydrogens is 434 g/mol. The lowest BCUT2D eigenvalue weighted by Gasteiger charge is -2.09. The number of aromatic hydroxyl groups is 1. The monoisotopic (exact) mass is 446 g/mol. The molecule has 3 nitrogen and oxygen atoms in total. The Morgan fingerprint density at radius 2 is 2.13 bits per heavy atom. The van der Waals surface area contributed by atoms with Crippen LogP contribution >= 0.6 is 34.2 Å². The molecule has 1 N–H and O–H groups in total. The van der Waals surface area contributed by atoms with Gasteiger partial charge in [-0.15, -0.1) is 0 Å². The van der Waals surface area contributed by atoms with Crippen molar-refractivity contribution in [2.24, 2.45) is 0 Å². The van der Waals surface area contributed by atoms with Crippen molar-refractivity contribution in [2.45, 2.75) is 6.92 Å². The van der Waals surface area contributed by atoms with E-state index in [2.05, 4.69) is 0 Å². The molecular formula is C17H13ClFIO3. The van der Waals surface area contributed by atoms with Crippen LogP contribution in [0.15, 0.2) is 36.4 Å². The molecule has 0 saturated carbocycles. The first kappa shape index (κ1) is 17.7. The number of hydrogen-bond acceptors (Lipinski definition) is 3. The van der Waals surface area contributed by atoms with Gasteiger partial charge in [0.15, 0.2) is 5.78 Å². The summed E-state index contributed by atoms with van der Waals surface area (Å²) in [5.41, 5.74) is 0.675. The quantitative estimate of drug-likeness (QED) is 0.396. The van der Waals surface area contributed by atoms with Crippen LogP contribution in [0.2, 0.25) is 5.02 Å². The molecule has 0 spiro atoms. The highest BCUT2D eigenvalue weighted by Gasteiger charge is 2.13. The first-order valence-corrected chi connectivity index (χ1v) is 8.20. The predicted octanol–water partition coefficient (Wildman–Crippen LogP) is 5.08. The summed E-state index contributed by atoms with van der Waals surface area (Å²) in [7, 11) is 0. The molecule has 0 aliphatic heterocycles. The molecule has 0 amide bonds. The zero-order chi connectivity index (χ0) is 17.0. The van der Waals surface area contributed by atoms with Crippen LogP contribution in [0.5, 0.6) is 11.5 Å². The molecule has 2 rings (SSSR count). The topological polar surface area (TPSA) is 46.5 Å². The second-order valence-electron chi connectivity index (χ2n) is 4.60. The number of phenols is 1. The van der Waals surface area contributed by atoms with E-state index in [1.807, 2.05) is 29.5 Å². The van der Waals surface area contributed by atoms with Gasteiger partial charge in [-0.05, 0) is 65.4 Å². The summed E-state index contributed by atoms with van der Waals surface area (Å²) in [4.78, 5) is 12.2. The Morgan fingerprint density at radius 3 is 2.78 bits per heavy atom. The molecule has 2 aromatic carbocycles. The molecule has 0 aliphatic rings. The molecule has 2 aromatic rings. The molecule has 0 aromatic heterocycles. The van der Waals surface area contributed by atoms with Gasteiger partial charge in [-0.2, -0.15) is 0 Å². The minimum Gasteiger partial charge on any atom is -0.507 e. The van der Waals surface area contributed by atoms with Crippen molar-refractivity contribution in [3.05, 3.63) is 61.9 Å². The van der Waals surface area contributed by atoms with Crippen molar-refractivity contribution >= 4 is 46.1 Å². The van der Waals surface area contributed by atoms with Crippen molar-refractivity contribution in [3.8, 4) is 11.5 Å². The Bertz CT molecular complexity index is 775. The van der Waals surface area contributed by atoms with Crippen molar-refractivity contribution in [3.63, 3.8) is 0 Å². The van der Waals surface area contributed by atoms with Gasteiger partial charge in [0.25, 0.3) is 0 Å². The van der Waals surface area contributed by atoms with Gasteiger partial charge in [-0.3, -0.25) is 4.79 Å². The fourth-order valence-electron chi connectivity index (χ4n) is 1.90. The van der Waals surface area contributed by atoms with Gasteiger partial charge in [0.05, 0.1) is 20.8 Å². The van der Waals surface area contributed by atoms with Gasteiger partial charge in [0.2, 0.25) is 0 Å². The third kappa shape index (κ3) is 4.45. The highest BCUT2D eigenvalue weighted by atomic mass is 127. The molecule has 0 unspecified atom stereocenters. The summed E-state index contributed by atoms with van der Waals surface area (Å²) in [6, 6.07) is 6.87. The molecule has 0 saturated heterocycles. The maximum absolute atomic E-state index is 13.0. The van der Waals surface area contributed by atoms with Crippen LogP contribution in [0, 0.1) is 9.39 Å². The van der Waals surface area contributed by atoms with Crippen molar-refractivity contribution in [2.75, 3.05) is 6.61 Å². The highest BCUT2D eigenvalue weighted by Crippen LogP contribution is 2.30. The van der Waals surface area contributed by atoms with Gasteiger partial charge in [0.1, 0.15) is 17.3 Å². The summed E-state index contributed by atoms with van der Waals surface area (Å²) in [6.45, 7) is 2.30. The Labute approximate surface area is 151 Å². The molecule has 23 heavy (non-hydrogen) atoms. The minimum atomic E-state index is -0.447. The van der Waals surface area contributed by atoms with Crippen LogP contribution in [-0.4, -0.2) is 17.5 Å². The average Bonchev–Trinajstić information content (AvgIpc) is 2.49. The van der Waals surface area contributed by atoms with Gasteiger partial charge >= 0.3 is 0 Å². The van der Waals surface area contributed by atoms with Crippen LogP contribution in [-0.2, 0) is 0 Å². The van der Waals surface area contributed by atoms with Crippen LogP contribution in [0.1, 0.15) is 22.8 Å². The lowest BCUT2D eigenvalue weighted by atomic mass is 10.1. The van der Waals surface area contributed by atoms with E-state index < -0.39 is 5.82 Å². The number of ether oxygens (including phenoxy) is 1. The first-order valence-electron chi connectivity index (χ1n) is 6.75. The number of carbonyl (C=O) groups is 1. The lowest BCUT2D eigenvalue weighted by molar-refractivity contribution is 0.104. The summed E-state index contributed by atoms with van der Waals surface area (Å²) in [5.74, 6) is -0.470. The summed E-state index contributed by atoms with van der Waals surface area (Å²) < 4.78 is 19.1. The van der Waals surface area contributed by atoms with Gasteiger partial charge < -0.3 is 9.84 Å². The average molecular weight is 447 g/mol. The molecule has 0 fully saturated rings. The smallest absolute Gasteiger partial charge is 0.189 e. The SMILES string of the molecule is CCOc1cc(O)c(C(=O)/C=C/c2ccc(F)cc2Cl)cc1I. The summed E-state index contributed by atoms with van der Waals surface area (Å²) >= 11 is 7.93. The lowest BCUT2D eigenvalue weighted by Crippen LogP contribution is -1.99. The zero-order valence-electron chi connectivity index (χ0n) is 12.1. The molecule has 0 bridgehead atoms. The van der Waals surface area contributed by atoms with Crippen molar-refractivity contribution in [1.82, 2.24) is 0 Å². The fourth-order valence-corrected chi connectivity index (χ4v) is 2.75. The zero-order valence-corrected chi connectivity index (χ0v) is 15.1. The molecule has 0 aliphatic carbocycles. The molecule has 0 heterocycles. The fraction of sp³-hybridized carbons (Fsp3) is 0.118. The van der Waals surface area contributed by atoms with Gasteiger partial charge in [0, 0.05) is 6.07 Å². The van der Waals surface area contributed by atoms with E-state index in [4.69, 9.17) is 16.3 Å². The van der Waals surface area contributed by atoms with Crippen molar-refractivity contribution in [1.29, 1.82) is 0 Å². The molecule has 6 heteroatoms. The number of carbonyl (C=O) groups excluding carboxylic acids is 1. The number of ketones is 1. The van der Waals surface area contributed by atoms with Crippen LogP contribution in [0.3, 0.4) is 0 Å². The largest absolute Gasteiger partial charge is 0.507 e. The normalized spacial score (nSPS) is 11.0. The van der Waals surface area contributed by atoms with E-state index in [1.165, 1.54) is 36.4 Å². The highest BCUT2D eigenvalue weighted by molar-refractivity contribution is 14.1. The van der Waals surface area contributed by atoms with E-state index in [0.29, 0.717) is 17.9 Å². The second-order valence-corrected chi connectivity index (χ2v) is 6.17. The number of rotatable bonds is 5. The molecule has 0 atom stereocenters. The maximum Gasteiger partial charge on any atom is 0.189 e. The van der Waals surface area contributed by atoms with Gasteiger partial charge in [-0.25, -0.2) is 4.39 Å². The van der Waals surface area contributed by atoms with Crippen LogP contribution < -0.4 is 4.74 Å². The van der Waals surface area contributed by atoms with E-state index in [-0.39, 0.29) is 22.1 Å². The second kappa shape index (κ2) is 7.79. The number of hydrogen-bond donors (Lipinski definition) is 1. The Kier molecular flexibility index (Phi) is 6.01. The number of halogens is 3. The summed E-state index contributed by atoms with van der Waals surface area (Å²) in [6.07, 6.45) is 2.76. The minimum absolute atomic E-state index is 0.159. The Morgan fingerprint density at radius 1 is 1.39 bits per heavy atom. The van der Waals surface area contributed by atoms with E-state index in [9.17, 15) is 14.3 Å². The number of allylic oxidation sites excluding steroid dienone is 1. The molecule has 0 radical (unpaired) electrons. The Balaban J connectivity index is 2.27. The van der Waals surface area contributed by atoms with E-state index in [0.717, 1.165) is 3.57 Å². The predicted molar refractivity (Wildman–Crippen MR) is 96.8 cm³/mol. The summed E-state index contributed by atoms with van der Waals surface area (Å²) in [5, 5.41) is 10.2. The van der Waals surface area contributed by atoms with Gasteiger partial charge in [-0.1, -0.05) is 17.7 Å². The first-order chi connectivity index (χ1) is 10.9. The number of phenolic OH excluding ortho intramolecular Hbond substituents is 1. The number of benzene rings is 2. The van der Waals surface area contributed by atoms with Crippen LogP contribution in [0.25, 0.3) is 6.08 Å². The Hall–Kier alpha value is -1.60. The van der Waals surface area contributed by atoms with E-state index in [1.54, 1.807) is 6.07 Å². The van der Waals surface area contributed by atoms with Crippen LogP contribution in [0.4, 0.5) is 4.39 Å².